The van der Waals surface area contributed by atoms with Gasteiger partial charge in [0.1, 0.15) is 22.5 Å². The number of thioether (sulfide) groups is 1. The summed E-state index contributed by atoms with van der Waals surface area (Å²) in [5.74, 6) is 0.916. The number of benzene rings is 7. The molecule has 0 bridgehead atoms. The minimum atomic E-state index is 0.916. The van der Waals surface area contributed by atoms with Gasteiger partial charge in [-0.1, -0.05) is 109 Å². The highest BCUT2D eigenvalue weighted by Crippen LogP contribution is 2.45. The second-order valence-corrected chi connectivity index (χ2v) is 14.9. The molecule has 0 aliphatic carbocycles. The van der Waals surface area contributed by atoms with Gasteiger partial charge in [-0.3, -0.25) is 0 Å². The van der Waals surface area contributed by atoms with Crippen molar-refractivity contribution < 1.29 is 8.83 Å². The van der Waals surface area contributed by atoms with Crippen LogP contribution in [0.4, 0.5) is 0 Å². The van der Waals surface area contributed by atoms with E-state index in [9.17, 15) is 0 Å². The van der Waals surface area contributed by atoms with Crippen molar-refractivity contribution >= 4 is 94.2 Å². The maximum atomic E-state index is 6.33. The van der Waals surface area contributed by atoms with Gasteiger partial charge in [-0.25, -0.2) is 0 Å². The third kappa shape index (κ3) is 4.87. The topological polar surface area (TPSA) is 26.3 Å². The van der Waals surface area contributed by atoms with Gasteiger partial charge in [0.05, 0.1) is 0 Å². The van der Waals surface area contributed by atoms with E-state index < -0.39 is 0 Å². The van der Waals surface area contributed by atoms with Gasteiger partial charge < -0.3 is 8.83 Å². The first-order valence-electron chi connectivity index (χ1n) is 17.5. The Morgan fingerprint density at radius 1 is 0.569 bits per heavy atom. The average molecular weight is 675 g/mol. The first-order valence-corrected chi connectivity index (χ1v) is 18.4. The normalized spacial score (nSPS) is 14.7. The van der Waals surface area contributed by atoms with E-state index in [0.717, 1.165) is 34.3 Å². The van der Waals surface area contributed by atoms with Crippen LogP contribution >= 0.6 is 11.8 Å². The van der Waals surface area contributed by atoms with Gasteiger partial charge in [-0.05, 0) is 128 Å². The molecular weight excluding hydrogens is 641 g/mol. The monoisotopic (exact) mass is 674 g/mol. The first-order chi connectivity index (χ1) is 25.0. The molecule has 244 valence electrons. The van der Waals surface area contributed by atoms with Crippen LogP contribution in [-0.2, 0) is 6.42 Å². The minimum absolute atomic E-state index is 0.916. The zero-order chi connectivity index (χ0) is 34.2. The first kappa shape index (κ1) is 30.1. The Hall–Kier alpha value is -5.77. The molecule has 3 heteroatoms. The number of furan rings is 2. The second-order valence-electron chi connectivity index (χ2n) is 13.8. The van der Waals surface area contributed by atoms with Gasteiger partial charge in [0, 0.05) is 33.0 Å². The lowest BCUT2D eigenvalue weighted by Crippen LogP contribution is -1.94. The number of fused-ring (bicyclic) bond motifs is 8. The third-order valence-corrected chi connectivity index (χ3v) is 11.7. The van der Waals surface area contributed by atoms with E-state index in [1.807, 2.05) is 36.0 Å². The summed E-state index contributed by atoms with van der Waals surface area (Å²) >= 11 is 1.89. The summed E-state index contributed by atoms with van der Waals surface area (Å²) in [6.45, 7) is 6.62. The van der Waals surface area contributed by atoms with Gasteiger partial charge in [0.15, 0.2) is 0 Å². The standard InChI is InChI=1S/C48H34O2S/c1-28(20-21-34-24-33-23-31-25-41-36-13-9-11-19-43(36)50-45(41)26-32(31)27-46(33)51-34)47-37-14-4-6-16-39(37)48(40-17-7-5-15-38(40)47)29(2)22-44-30(3)35-12-8-10-18-42(35)49-44/h4-23,25-27H,24H2,1-3H3/b28-20+,29-22+,34-21+. The number of rotatable bonds is 4. The van der Waals surface area contributed by atoms with Gasteiger partial charge >= 0.3 is 0 Å². The molecule has 0 atom stereocenters. The maximum absolute atomic E-state index is 6.33. The third-order valence-electron chi connectivity index (χ3n) is 10.6. The van der Waals surface area contributed by atoms with Crippen molar-refractivity contribution in [2.75, 3.05) is 0 Å². The molecule has 7 aromatic carbocycles. The fourth-order valence-electron chi connectivity index (χ4n) is 8.12. The molecular formula is C48H34O2S. The van der Waals surface area contributed by atoms with Crippen molar-refractivity contribution in [1.29, 1.82) is 0 Å². The van der Waals surface area contributed by atoms with Gasteiger partial charge in [0.2, 0.25) is 0 Å². The smallest absolute Gasteiger partial charge is 0.136 e. The molecule has 3 heterocycles. The highest BCUT2D eigenvalue weighted by molar-refractivity contribution is 8.03. The largest absolute Gasteiger partial charge is 0.456 e. The van der Waals surface area contributed by atoms with Crippen LogP contribution in [0.15, 0.2) is 152 Å². The fourth-order valence-corrected chi connectivity index (χ4v) is 9.21. The van der Waals surface area contributed by atoms with Gasteiger partial charge in [0.25, 0.3) is 0 Å². The highest BCUT2D eigenvalue weighted by Gasteiger charge is 2.20. The van der Waals surface area contributed by atoms with Crippen LogP contribution < -0.4 is 0 Å². The summed E-state index contributed by atoms with van der Waals surface area (Å²) in [5, 5.41) is 11.0. The second kappa shape index (κ2) is 11.7. The summed E-state index contributed by atoms with van der Waals surface area (Å²) in [5.41, 5.74) is 10.4. The van der Waals surface area contributed by atoms with Crippen LogP contribution in [0.3, 0.4) is 0 Å². The SMILES string of the molecule is C/C(=C\C=C1/Cc2cc3cc4c(cc3cc2S1)oc1ccccc14)c1c2ccccc2c(/C(C)=C/c2oc3ccccc3c2C)c2ccccc12. The van der Waals surface area contributed by atoms with Crippen molar-refractivity contribution in [3.63, 3.8) is 0 Å². The summed E-state index contributed by atoms with van der Waals surface area (Å²) < 4.78 is 12.5. The Balaban J connectivity index is 1.04. The molecule has 9 aromatic rings. The minimum Gasteiger partial charge on any atom is -0.456 e. The molecule has 0 spiro atoms. The number of hydrogen-bond donors (Lipinski definition) is 0. The van der Waals surface area contributed by atoms with E-state index in [1.54, 1.807) is 0 Å². The molecule has 0 unspecified atom stereocenters. The van der Waals surface area contributed by atoms with E-state index >= 15 is 0 Å². The highest BCUT2D eigenvalue weighted by atomic mass is 32.2. The van der Waals surface area contributed by atoms with E-state index in [-0.39, 0.29) is 0 Å². The molecule has 2 nitrogen and oxygen atoms in total. The van der Waals surface area contributed by atoms with Crippen molar-refractivity contribution in [3.8, 4) is 0 Å². The Bertz CT molecular complexity index is 2940. The number of allylic oxidation sites excluding steroid dienone is 5. The molecule has 0 saturated heterocycles. The van der Waals surface area contributed by atoms with Crippen molar-refractivity contribution in [3.05, 3.63) is 166 Å². The van der Waals surface area contributed by atoms with Crippen molar-refractivity contribution in [1.82, 2.24) is 0 Å². The van der Waals surface area contributed by atoms with Gasteiger partial charge in [-0.15, -0.1) is 0 Å². The molecule has 0 amide bonds. The predicted molar refractivity (Wildman–Crippen MR) is 218 cm³/mol. The molecule has 0 N–H and O–H groups in total. The Morgan fingerprint density at radius 3 is 1.80 bits per heavy atom. The van der Waals surface area contributed by atoms with E-state index in [2.05, 4.69) is 136 Å². The van der Waals surface area contributed by atoms with Crippen molar-refractivity contribution in [2.24, 2.45) is 0 Å². The zero-order valence-electron chi connectivity index (χ0n) is 28.7. The lowest BCUT2D eigenvalue weighted by molar-refractivity contribution is 0.601. The van der Waals surface area contributed by atoms with Crippen LogP contribution in [0.2, 0.25) is 0 Å². The lowest BCUT2D eigenvalue weighted by Gasteiger charge is -2.18. The van der Waals surface area contributed by atoms with Crippen LogP contribution in [0.5, 0.6) is 0 Å². The Labute approximate surface area is 300 Å². The van der Waals surface area contributed by atoms with Gasteiger partial charge in [-0.2, -0.15) is 0 Å². The maximum Gasteiger partial charge on any atom is 0.136 e. The molecule has 10 rings (SSSR count). The number of para-hydroxylation sites is 2. The Kier molecular flexibility index (Phi) is 6.87. The van der Waals surface area contributed by atoms with Crippen LogP contribution in [0, 0.1) is 6.92 Å². The summed E-state index contributed by atoms with van der Waals surface area (Å²) in [6, 6.07) is 43.5. The quantitative estimate of drug-likeness (QED) is 0.174. The molecule has 0 radical (unpaired) electrons. The molecule has 1 aliphatic rings. The fraction of sp³-hybridized carbons (Fsp3) is 0.0833. The summed E-state index contributed by atoms with van der Waals surface area (Å²) in [4.78, 5) is 2.69. The predicted octanol–water partition coefficient (Wildman–Crippen LogP) is 14.3. The average Bonchev–Trinajstić information content (AvgIpc) is 3.82. The molecule has 2 aromatic heterocycles. The van der Waals surface area contributed by atoms with Crippen LogP contribution in [-0.4, -0.2) is 0 Å². The Morgan fingerprint density at radius 2 is 1.14 bits per heavy atom. The molecule has 0 saturated carbocycles. The summed E-state index contributed by atoms with van der Waals surface area (Å²) in [6.07, 6.45) is 7.81. The number of hydrogen-bond acceptors (Lipinski definition) is 3. The van der Waals surface area contributed by atoms with E-state index in [0.29, 0.717) is 0 Å². The van der Waals surface area contributed by atoms with Crippen molar-refractivity contribution in [2.45, 2.75) is 32.1 Å². The molecule has 1 aliphatic heterocycles. The molecule has 0 fully saturated rings. The zero-order valence-corrected chi connectivity index (χ0v) is 29.5. The van der Waals surface area contributed by atoms with Crippen LogP contribution in [0.1, 0.15) is 41.9 Å². The number of aryl methyl sites for hydroxylation is 1. The summed E-state index contributed by atoms with van der Waals surface area (Å²) in [7, 11) is 0. The van der Waals surface area contributed by atoms with E-state index in [1.165, 1.54) is 86.3 Å². The van der Waals surface area contributed by atoms with Crippen LogP contribution in [0.25, 0.3) is 82.4 Å². The molecule has 51 heavy (non-hydrogen) atoms. The lowest BCUT2D eigenvalue weighted by atomic mass is 9.86. The van der Waals surface area contributed by atoms with E-state index in [4.69, 9.17) is 8.83 Å².